The van der Waals surface area contributed by atoms with Gasteiger partial charge in [0, 0.05) is 11.4 Å². The predicted molar refractivity (Wildman–Crippen MR) is 73.2 cm³/mol. The van der Waals surface area contributed by atoms with Crippen LogP contribution < -0.4 is 0 Å². The first-order valence-corrected chi connectivity index (χ1v) is 6.79. The van der Waals surface area contributed by atoms with Gasteiger partial charge in [-0.25, -0.2) is 0 Å². The molecule has 1 heterocycles. The third-order valence-electron chi connectivity index (χ3n) is 2.85. The van der Waals surface area contributed by atoms with E-state index in [9.17, 15) is 5.11 Å². The number of nitrogens with zero attached hydrogens (tertiary/aromatic N) is 2. The molecule has 0 aliphatic heterocycles. The Kier molecular flexibility index (Phi) is 4.93. The van der Waals surface area contributed by atoms with Crippen molar-refractivity contribution in [3.63, 3.8) is 0 Å². The third kappa shape index (κ3) is 4.04. The van der Waals surface area contributed by atoms with E-state index < -0.39 is 6.10 Å². The summed E-state index contributed by atoms with van der Waals surface area (Å²) >= 11 is 6.08. The summed E-state index contributed by atoms with van der Waals surface area (Å²) in [6, 6.07) is 7.58. The maximum atomic E-state index is 9.70. The van der Waals surface area contributed by atoms with Crippen LogP contribution >= 0.6 is 11.6 Å². The molecule has 1 N–H and O–H groups in total. The molecular formula is C14H17ClN2O2. The van der Waals surface area contributed by atoms with Gasteiger partial charge in [-0.3, -0.25) is 0 Å². The van der Waals surface area contributed by atoms with Crippen molar-refractivity contribution in [2.45, 2.75) is 38.7 Å². The second-order valence-electron chi connectivity index (χ2n) is 4.52. The maximum absolute atomic E-state index is 9.70. The average Bonchev–Trinajstić information content (AvgIpc) is 2.80. The first kappa shape index (κ1) is 14.0. The first-order valence-electron chi connectivity index (χ1n) is 6.42. The minimum atomic E-state index is -0.418. The van der Waals surface area contributed by atoms with Gasteiger partial charge in [-0.15, -0.1) is 0 Å². The summed E-state index contributed by atoms with van der Waals surface area (Å²) in [4.78, 5) is 4.27. The number of aliphatic hydroxyl groups is 1. The van der Waals surface area contributed by atoms with Crippen molar-refractivity contribution in [1.82, 2.24) is 10.1 Å². The normalized spacial score (nSPS) is 12.6. The van der Waals surface area contributed by atoms with Crippen LogP contribution in [-0.2, 0) is 12.8 Å². The molecule has 102 valence electrons. The number of aliphatic hydroxyl groups excluding tert-OH is 1. The van der Waals surface area contributed by atoms with Crippen LogP contribution in [0.15, 0.2) is 28.8 Å². The molecule has 1 aromatic carbocycles. The van der Waals surface area contributed by atoms with Gasteiger partial charge in [-0.1, -0.05) is 48.3 Å². The van der Waals surface area contributed by atoms with Gasteiger partial charge in [0.15, 0.2) is 5.82 Å². The lowest BCUT2D eigenvalue weighted by Gasteiger charge is -2.04. The zero-order valence-electron chi connectivity index (χ0n) is 10.8. The molecule has 5 heteroatoms. The highest BCUT2D eigenvalue weighted by atomic mass is 35.5. The van der Waals surface area contributed by atoms with E-state index in [1.54, 1.807) is 0 Å². The van der Waals surface area contributed by atoms with Gasteiger partial charge in [0.05, 0.1) is 12.5 Å². The number of hydrogen-bond acceptors (Lipinski definition) is 4. The summed E-state index contributed by atoms with van der Waals surface area (Å²) in [5.74, 6) is 1.06. The molecule has 1 aromatic heterocycles. The van der Waals surface area contributed by atoms with Crippen molar-refractivity contribution in [2.24, 2.45) is 0 Å². The Bertz CT molecular complexity index is 528. The lowest BCUT2D eigenvalue weighted by molar-refractivity contribution is 0.151. The van der Waals surface area contributed by atoms with Crippen LogP contribution in [0.1, 0.15) is 37.0 Å². The quantitative estimate of drug-likeness (QED) is 0.884. The minimum Gasteiger partial charge on any atom is -0.393 e. The van der Waals surface area contributed by atoms with Crippen molar-refractivity contribution >= 4 is 11.6 Å². The summed E-state index contributed by atoms with van der Waals surface area (Å²) in [6.45, 7) is 2.03. The SMILES string of the molecule is CCCC(O)Cc1nc(Cc2ccccc2Cl)no1. The predicted octanol–water partition coefficient (Wildman–Crippen LogP) is 3.02. The Morgan fingerprint density at radius 2 is 2.16 bits per heavy atom. The first-order chi connectivity index (χ1) is 9.19. The lowest BCUT2D eigenvalue weighted by Crippen LogP contribution is -2.09. The molecule has 4 nitrogen and oxygen atoms in total. The van der Waals surface area contributed by atoms with Crippen LogP contribution in [0.4, 0.5) is 0 Å². The molecule has 0 spiro atoms. The minimum absolute atomic E-state index is 0.406. The van der Waals surface area contributed by atoms with E-state index in [0.717, 1.165) is 18.4 Å². The van der Waals surface area contributed by atoms with Gasteiger partial charge in [-0.05, 0) is 18.1 Å². The Balaban J connectivity index is 2.00. The second kappa shape index (κ2) is 6.68. The molecule has 0 amide bonds. The largest absolute Gasteiger partial charge is 0.393 e. The van der Waals surface area contributed by atoms with E-state index in [-0.39, 0.29) is 0 Å². The molecule has 0 saturated carbocycles. The van der Waals surface area contributed by atoms with Crippen LogP contribution in [0.5, 0.6) is 0 Å². The van der Waals surface area contributed by atoms with E-state index in [0.29, 0.717) is 29.6 Å². The molecule has 2 rings (SSSR count). The smallest absolute Gasteiger partial charge is 0.229 e. The molecule has 0 aliphatic carbocycles. The van der Waals surface area contributed by atoms with E-state index >= 15 is 0 Å². The highest BCUT2D eigenvalue weighted by Gasteiger charge is 2.12. The van der Waals surface area contributed by atoms with Crippen LogP contribution in [0.25, 0.3) is 0 Å². The average molecular weight is 281 g/mol. The van der Waals surface area contributed by atoms with Gasteiger partial charge in [0.1, 0.15) is 0 Å². The van der Waals surface area contributed by atoms with Gasteiger partial charge < -0.3 is 9.63 Å². The highest BCUT2D eigenvalue weighted by molar-refractivity contribution is 6.31. The lowest BCUT2D eigenvalue weighted by atomic mass is 10.1. The van der Waals surface area contributed by atoms with Gasteiger partial charge in [0.2, 0.25) is 5.89 Å². The fourth-order valence-electron chi connectivity index (χ4n) is 1.89. The summed E-state index contributed by atoms with van der Waals surface area (Å²) in [5, 5.41) is 14.3. The molecule has 0 saturated heterocycles. The molecule has 0 bridgehead atoms. The van der Waals surface area contributed by atoms with Crippen LogP contribution in [0.3, 0.4) is 0 Å². The number of benzene rings is 1. The third-order valence-corrected chi connectivity index (χ3v) is 3.22. The van der Waals surface area contributed by atoms with Crippen molar-refractivity contribution in [1.29, 1.82) is 0 Å². The van der Waals surface area contributed by atoms with Crippen LogP contribution in [0, 0.1) is 0 Å². The van der Waals surface area contributed by atoms with E-state index in [2.05, 4.69) is 10.1 Å². The summed E-state index contributed by atoms with van der Waals surface area (Å²) in [6.07, 6.45) is 2.19. The Hall–Kier alpha value is -1.39. The van der Waals surface area contributed by atoms with Crippen LogP contribution in [0.2, 0.25) is 5.02 Å². The summed E-state index contributed by atoms with van der Waals surface area (Å²) in [5.41, 5.74) is 0.964. The van der Waals surface area contributed by atoms with Crippen LogP contribution in [-0.4, -0.2) is 21.4 Å². The maximum Gasteiger partial charge on any atom is 0.229 e. The topological polar surface area (TPSA) is 59.2 Å². The number of hydrogen-bond donors (Lipinski definition) is 1. The second-order valence-corrected chi connectivity index (χ2v) is 4.93. The molecule has 0 aliphatic rings. The molecule has 2 aromatic rings. The van der Waals surface area contributed by atoms with Crippen molar-refractivity contribution in [2.75, 3.05) is 0 Å². The van der Waals surface area contributed by atoms with Gasteiger partial charge >= 0.3 is 0 Å². The Morgan fingerprint density at radius 3 is 2.89 bits per heavy atom. The van der Waals surface area contributed by atoms with Gasteiger partial charge in [-0.2, -0.15) is 4.98 Å². The monoisotopic (exact) mass is 280 g/mol. The van der Waals surface area contributed by atoms with Crippen molar-refractivity contribution in [3.8, 4) is 0 Å². The van der Waals surface area contributed by atoms with E-state index in [1.807, 2.05) is 31.2 Å². The van der Waals surface area contributed by atoms with E-state index in [1.165, 1.54) is 0 Å². The van der Waals surface area contributed by atoms with Crippen molar-refractivity contribution in [3.05, 3.63) is 46.6 Å². The molecule has 1 unspecified atom stereocenters. The Labute approximate surface area is 117 Å². The fraction of sp³-hybridized carbons (Fsp3) is 0.429. The number of rotatable bonds is 6. The standard InChI is InChI=1S/C14H17ClN2O2/c1-2-5-11(18)9-14-16-13(17-19-14)8-10-6-3-4-7-12(10)15/h3-4,6-7,11,18H,2,5,8-9H2,1H3. The number of halogens is 1. The number of aromatic nitrogens is 2. The molecule has 19 heavy (non-hydrogen) atoms. The zero-order valence-corrected chi connectivity index (χ0v) is 11.6. The summed E-state index contributed by atoms with van der Waals surface area (Å²) < 4.78 is 5.13. The highest BCUT2D eigenvalue weighted by Crippen LogP contribution is 2.18. The van der Waals surface area contributed by atoms with Gasteiger partial charge in [0.25, 0.3) is 0 Å². The van der Waals surface area contributed by atoms with Crippen molar-refractivity contribution < 1.29 is 9.63 Å². The summed E-state index contributed by atoms with van der Waals surface area (Å²) in [7, 11) is 0. The Morgan fingerprint density at radius 1 is 1.37 bits per heavy atom. The zero-order chi connectivity index (χ0) is 13.7. The fourth-order valence-corrected chi connectivity index (χ4v) is 2.10. The van der Waals surface area contributed by atoms with E-state index in [4.69, 9.17) is 16.1 Å². The molecular weight excluding hydrogens is 264 g/mol. The molecule has 0 radical (unpaired) electrons. The molecule has 1 atom stereocenters. The molecule has 0 fully saturated rings.